The summed E-state index contributed by atoms with van der Waals surface area (Å²) in [5.74, 6) is 0.0170. The predicted molar refractivity (Wildman–Crippen MR) is 78.8 cm³/mol. The lowest BCUT2D eigenvalue weighted by Gasteiger charge is -2.18. The first-order chi connectivity index (χ1) is 9.22. The average molecular weight is 275 g/mol. The maximum atomic E-state index is 12.3. The Balaban J connectivity index is 2.02. The van der Waals surface area contributed by atoms with Gasteiger partial charge in [-0.05, 0) is 23.9 Å². The molecule has 2 aromatic heterocycles. The molecule has 2 aromatic rings. The number of nitrogens with zero attached hydrogens (tertiary/aromatic N) is 2. The van der Waals surface area contributed by atoms with Gasteiger partial charge in [0, 0.05) is 31.7 Å². The molecule has 0 aliphatic rings. The third kappa shape index (κ3) is 3.32. The van der Waals surface area contributed by atoms with E-state index in [9.17, 15) is 4.79 Å². The topological polar surface area (TPSA) is 45.2 Å². The molecule has 5 heteroatoms. The Morgan fingerprint density at radius 1 is 1.47 bits per heavy atom. The van der Waals surface area contributed by atoms with Crippen molar-refractivity contribution in [2.24, 2.45) is 0 Å². The van der Waals surface area contributed by atoms with E-state index < -0.39 is 0 Å². The molecule has 100 valence electrons. The van der Waals surface area contributed by atoms with Crippen molar-refractivity contribution in [1.29, 1.82) is 0 Å². The van der Waals surface area contributed by atoms with Crippen LogP contribution in [0.3, 0.4) is 0 Å². The first-order valence-electron chi connectivity index (χ1n) is 6.12. The number of anilines is 1. The standard InChI is InChI=1S/C14H17N3OS/c1-15-13-10-16-7-5-12(13)14(18)17(2)8-6-11-4-3-9-19-11/h3-5,7,9-10,15H,6,8H2,1-2H3. The lowest BCUT2D eigenvalue weighted by Crippen LogP contribution is -2.29. The summed E-state index contributed by atoms with van der Waals surface area (Å²) in [7, 11) is 3.62. The van der Waals surface area contributed by atoms with Gasteiger partial charge in [0.1, 0.15) is 0 Å². The summed E-state index contributed by atoms with van der Waals surface area (Å²) >= 11 is 1.72. The van der Waals surface area contributed by atoms with Gasteiger partial charge in [0.05, 0.1) is 17.4 Å². The third-order valence-corrected chi connectivity index (χ3v) is 3.88. The molecule has 0 unspecified atom stereocenters. The van der Waals surface area contributed by atoms with Crippen LogP contribution in [0.5, 0.6) is 0 Å². The van der Waals surface area contributed by atoms with Crippen LogP contribution < -0.4 is 5.32 Å². The molecule has 0 aromatic carbocycles. The minimum atomic E-state index is 0.0170. The highest BCUT2D eigenvalue weighted by Crippen LogP contribution is 2.15. The van der Waals surface area contributed by atoms with Crippen molar-refractivity contribution >= 4 is 22.9 Å². The van der Waals surface area contributed by atoms with Crippen LogP contribution in [-0.4, -0.2) is 36.4 Å². The van der Waals surface area contributed by atoms with E-state index in [0.29, 0.717) is 12.1 Å². The number of likely N-dealkylation sites (N-methyl/N-ethyl adjacent to an activating group) is 1. The van der Waals surface area contributed by atoms with Crippen molar-refractivity contribution < 1.29 is 4.79 Å². The Bertz CT molecular complexity index is 539. The molecule has 2 heterocycles. The van der Waals surface area contributed by atoms with E-state index in [1.807, 2.05) is 13.1 Å². The lowest BCUT2D eigenvalue weighted by molar-refractivity contribution is 0.0797. The molecule has 0 saturated heterocycles. The van der Waals surface area contributed by atoms with Gasteiger partial charge in [-0.1, -0.05) is 6.07 Å². The van der Waals surface area contributed by atoms with Crippen LogP contribution in [-0.2, 0) is 6.42 Å². The van der Waals surface area contributed by atoms with Crippen LogP contribution in [0.4, 0.5) is 5.69 Å². The molecule has 2 rings (SSSR count). The summed E-state index contributed by atoms with van der Waals surface area (Å²) in [5.41, 5.74) is 1.42. The van der Waals surface area contributed by atoms with Gasteiger partial charge in [-0.2, -0.15) is 0 Å². The molecule has 0 bridgehead atoms. The Hall–Kier alpha value is -1.88. The number of hydrogen-bond donors (Lipinski definition) is 1. The fourth-order valence-corrected chi connectivity index (χ4v) is 2.52. The normalized spacial score (nSPS) is 10.2. The van der Waals surface area contributed by atoms with E-state index in [4.69, 9.17) is 0 Å². The molecule has 1 N–H and O–H groups in total. The molecule has 0 aliphatic heterocycles. The van der Waals surface area contributed by atoms with E-state index in [2.05, 4.69) is 21.7 Å². The van der Waals surface area contributed by atoms with Gasteiger partial charge in [-0.25, -0.2) is 0 Å². The van der Waals surface area contributed by atoms with Gasteiger partial charge in [0.2, 0.25) is 0 Å². The second kappa shape index (κ2) is 6.33. The van der Waals surface area contributed by atoms with E-state index in [1.54, 1.807) is 41.7 Å². The molecule has 0 atom stereocenters. The van der Waals surface area contributed by atoms with Crippen molar-refractivity contribution in [2.75, 3.05) is 26.0 Å². The lowest BCUT2D eigenvalue weighted by atomic mass is 10.2. The van der Waals surface area contributed by atoms with Crippen molar-refractivity contribution in [3.05, 3.63) is 46.4 Å². The first-order valence-corrected chi connectivity index (χ1v) is 7.00. The van der Waals surface area contributed by atoms with Crippen LogP contribution >= 0.6 is 11.3 Å². The summed E-state index contributed by atoms with van der Waals surface area (Å²) in [4.78, 5) is 19.4. The summed E-state index contributed by atoms with van der Waals surface area (Å²) in [6.07, 6.45) is 4.20. The number of carbonyl (C=O) groups is 1. The fraction of sp³-hybridized carbons (Fsp3) is 0.286. The molecule has 1 amide bonds. The van der Waals surface area contributed by atoms with Crippen molar-refractivity contribution in [3.8, 4) is 0 Å². The maximum Gasteiger partial charge on any atom is 0.255 e. The molecule has 0 spiro atoms. The Kier molecular flexibility index (Phi) is 4.52. The molecule has 19 heavy (non-hydrogen) atoms. The average Bonchev–Trinajstić information content (AvgIpc) is 2.97. The van der Waals surface area contributed by atoms with Gasteiger partial charge < -0.3 is 10.2 Å². The Morgan fingerprint density at radius 2 is 2.32 bits per heavy atom. The van der Waals surface area contributed by atoms with Crippen molar-refractivity contribution in [1.82, 2.24) is 9.88 Å². The highest BCUT2D eigenvalue weighted by atomic mass is 32.1. The van der Waals surface area contributed by atoms with Crippen molar-refractivity contribution in [2.45, 2.75) is 6.42 Å². The molecule has 0 saturated carbocycles. The number of nitrogens with one attached hydrogen (secondary N) is 1. The molecule has 0 fully saturated rings. The van der Waals surface area contributed by atoms with Crippen LogP contribution in [0.25, 0.3) is 0 Å². The number of aromatic nitrogens is 1. The van der Waals surface area contributed by atoms with Crippen LogP contribution in [0.15, 0.2) is 36.0 Å². The fourth-order valence-electron chi connectivity index (χ4n) is 1.82. The minimum absolute atomic E-state index is 0.0170. The van der Waals surface area contributed by atoms with E-state index in [0.717, 1.165) is 12.1 Å². The van der Waals surface area contributed by atoms with E-state index in [-0.39, 0.29) is 5.91 Å². The second-order valence-electron chi connectivity index (χ2n) is 4.23. The van der Waals surface area contributed by atoms with E-state index in [1.165, 1.54) is 4.88 Å². The molecular formula is C14H17N3OS. The van der Waals surface area contributed by atoms with Gasteiger partial charge in [0.25, 0.3) is 5.91 Å². The predicted octanol–water partition coefficient (Wildman–Crippen LogP) is 2.50. The Labute approximate surface area is 117 Å². The second-order valence-corrected chi connectivity index (χ2v) is 5.26. The maximum absolute atomic E-state index is 12.3. The quantitative estimate of drug-likeness (QED) is 0.912. The van der Waals surface area contributed by atoms with Gasteiger partial charge >= 0.3 is 0 Å². The summed E-state index contributed by atoms with van der Waals surface area (Å²) in [5, 5.41) is 5.05. The highest BCUT2D eigenvalue weighted by molar-refractivity contribution is 7.09. The SMILES string of the molecule is CNc1cnccc1C(=O)N(C)CCc1cccs1. The summed E-state index contributed by atoms with van der Waals surface area (Å²) in [6, 6.07) is 5.87. The largest absolute Gasteiger partial charge is 0.386 e. The summed E-state index contributed by atoms with van der Waals surface area (Å²) in [6.45, 7) is 0.713. The Morgan fingerprint density at radius 3 is 3.00 bits per heavy atom. The highest BCUT2D eigenvalue weighted by Gasteiger charge is 2.15. The number of thiophene rings is 1. The molecule has 0 radical (unpaired) electrons. The van der Waals surface area contributed by atoms with Crippen LogP contribution in [0, 0.1) is 0 Å². The first kappa shape index (κ1) is 13.5. The number of pyridine rings is 1. The zero-order chi connectivity index (χ0) is 13.7. The van der Waals surface area contributed by atoms with Gasteiger partial charge in [-0.15, -0.1) is 11.3 Å². The number of carbonyl (C=O) groups excluding carboxylic acids is 1. The number of rotatable bonds is 5. The third-order valence-electron chi connectivity index (χ3n) is 2.94. The molecule has 4 nitrogen and oxygen atoms in total. The van der Waals surface area contributed by atoms with E-state index >= 15 is 0 Å². The van der Waals surface area contributed by atoms with Crippen molar-refractivity contribution in [3.63, 3.8) is 0 Å². The minimum Gasteiger partial charge on any atom is -0.386 e. The summed E-state index contributed by atoms with van der Waals surface area (Å²) < 4.78 is 0. The zero-order valence-electron chi connectivity index (χ0n) is 11.1. The zero-order valence-corrected chi connectivity index (χ0v) is 11.9. The number of hydrogen-bond acceptors (Lipinski definition) is 4. The number of amides is 1. The molecule has 0 aliphatic carbocycles. The van der Waals surface area contributed by atoms with Crippen LogP contribution in [0.2, 0.25) is 0 Å². The monoisotopic (exact) mass is 275 g/mol. The molecular weight excluding hydrogens is 258 g/mol. The smallest absolute Gasteiger partial charge is 0.255 e. The van der Waals surface area contributed by atoms with Crippen LogP contribution in [0.1, 0.15) is 15.2 Å². The van der Waals surface area contributed by atoms with Gasteiger partial charge in [0.15, 0.2) is 0 Å². The van der Waals surface area contributed by atoms with Gasteiger partial charge in [-0.3, -0.25) is 9.78 Å².